The first-order valence-corrected chi connectivity index (χ1v) is 8.08. The molecule has 0 unspecified atom stereocenters. The highest BCUT2D eigenvalue weighted by atomic mass is 35.5. The molecule has 0 heterocycles. The maximum Gasteiger partial charge on any atom is 0.338 e. The molecule has 0 saturated carbocycles. The molecule has 2 rings (SSSR count). The molecule has 0 radical (unpaired) electrons. The average Bonchev–Trinajstić information content (AvgIpc) is 2.57. The van der Waals surface area contributed by atoms with E-state index in [4.69, 9.17) is 16.3 Å². The first kappa shape index (κ1) is 18.9. The highest BCUT2D eigenvalue weighted by Gasteiger charge is 2.17. The Kier molecular flexibility index (Phi) is 6.15. The number of esters is 1. The van der Waals surface area contributed by atoms with Crippen LogP contribution in [0.2, 0.25) is 5.02 Å². The van der Waals surface area contributed by atoms with Gasteiger partial charge in [0.15, 0.2) is 6.61 Å². The van der Waals surface area contributed by atoms with Gasteiger partial charge in [0, 0.05) is 24.2 Å². The van der Waals surface area contributed by atoms with E-state index in [9.17, 15) is 14.0 Å². The molecule has 1 amide bonds. The number of hydrogen-bond acceptors (Lipinski definition) is 3. The molecular formula is C19H19ClFNO3. The van der Waals surface area contributed by atoms with E-state index in [1.807, 2.05) is 19.1 Å². The van der Waals surface area contributed by atoms with E-state index >= 15 is 0 Å². The van der Waals surface area contributed by atoms with Crippen molar-refractivity contribution in [3.63, 3.8) is 0 Å². The van der Waals surface area contributed by atoms with Gasteiger partial charge in [-0.3, -0.25) is 4.79 Å². The standard InChI is InChI=1S/C19H19ClFNO3/c1-12-7-8-13(2)14(9-12)19(24)25-11-18(23)22(3)10-15-16(20)5-4-6-17(15)21/h4-9H,10-11H2,1-3H3. The molecule has 0 atom stereocenters. The van der Waals surface area contributed by atoms with Crippen molar-refractivity contribution in [3.8, 4) is 0 Å². The SMILES string of the molecule is Cc1ccc(C)c(C(=O)OCC(=O)N(C)Cc2c(F)cccc2Cl)c1. The lowest BCUT2D eigenvalue weighted by Gasteiger charge is -2.18. The van der Waals surface area contributed by atoms with Crippen LogP contribution in [0, 0.1) is 19.7 Å². The van der Waals surface area contributed by atoms with Gasteiger partial charge >= 0.3 is 5.97 Å². The summed E-state index contributed by atoms with van der Waals surface area (Å²) in [6.07, 6.45) is 0. The second kappa shape index (κ2) is 8.12. The van der Waals surface area contributed by atoms with Gasteiger partial charge in [-0.25, -0.2) is 9.18 Å². The molecule has 2 aromatic rings. The summed E-state index contributed by atoms with van der Waals surface area (Å²) in [6, 6.07) is 9.75. The van der Waals surface area contributed by atoms with Crippen molar-refractivity contribution < 1.29 is 18.7 Å². The summed E-state index contributed by atoms with van der Waals surface area (Å²) in [4.78, 5) is 25.5. The molecule has 25 heavy (non-hydrogen) atoms. The Bertz CT molecular complexity index is 787. The third-order valence-corrected chi connectivity index (χ3v) is 4.18. The summed E-state index contributed by atoms with van der Waals surface area (Å²) in [5, 5.41) is 0.243. The molecule has 132 valence electrons. The molecule has 0 fully saturated rings. The van der Waals surface area contributed by atoms with Gasteiger partial charge in [-0.2, -0.15) is 0 Å². The van der Waals surface area contributed by atoms with Crippen molar-refractivity contribution in [2.24, 2.45) is 0 Å². The Hall–Kier alpha value is -2.40. The summed E-state index contributed by atoms with van der Waals surface area (Å²) in [6.45, 7) is 3.23. The van der Waals surface area contributed by atoms with Crippen molar-refractivity contribution in [2.45, 2.75) is 20.4 Å². The van der Waals surface area contributed by atoms with Crippen LogP contribution in [-0.2, 0) is 16.1 Å². The number of rotatable bonds is 5. The fourth-order valence-electron chi connectivity index (χ4n) is 2.28. The molecular weight excluding hydrogens is 345 g/mol. The summed E-state index contributed by atoms with van der Waals surface area (Å²) in [7, 11) is 1.50. The zero-order valence-electron chi connectivity index (χ0n) is 14.3. The minimum Gasteiger partial charge on any atom is -0.452 e. The number of likely N-dealkylation sites (N-methyl/N-ethyl adjacent to an activating group) is 1. The van der Waals surface area contributed by atoms with Gasteiger partial charge in [-0.1, -0.05) is 35.4 Å². The molecule has 0 N–H and O–H groups in total. The molecule has 6 heteroatoms. The predicted octanol–water partition coefficient (Wildman–Crippen LogP) is 3.91. The van der Waals surface area contributed by atoms with E-state index in [0.717, 1.165) is 11.1 Å². The normalized spacial score (nSPS) is 10.4. The van der Waals surface area contributed by atoms with E-state index in [1.165, 1.54) is 24.1 Å². The third kappa shape index (κ3) is 4.79. The van der Waals surface area contributed by atoms with Crippen LogP contribution >= 0.6 is 11.6 Å². The zero-order chi connectivity index (χ0) is 18.6. The molecule has 0 aromatic heterocycles. The number of hydrogen-bond donors (Lipinski definition) is 0. The van der Waals surface area contributed by atoms with E-state index < -0.39 is 24.3 Å². The number of aryl methyl sites for hydroxylation is 2. The fourth-order valence-corrected chi connectivity index (χ4v) is 2.50. The number of ether oxygens (including phenoxy) is 1. The fraction of sp³-hybridized carbons (Fsp3) is 0.263. The van der Waals surface area contributed by atoms with Crippen LogP contribution in [-0.4, -0.2) is 30.4 Å². The first-order chi connectivity index (χ1) is 11.8. The van der Waals surface area contributed by atoms with Crippen molar-refractivity contribution >= 4 is 23.5 Å². The van der Waals surface area contributed by atoms with Gasteiger partial charge < -0.3 is 9.64 Å². The lowest BCUT2D eigenvalue weighted by molar-refractivity contribution is -0.133. The summed E-state index contributed by atoms with van der Waals surface area (Å²) in [5.74, 6) is -1.50. The van der Waals surface area contributed by atoms with Crippen LogP contribution in [0.15, 0.2) is 36.4 Å². The lowest BCUT2D eigenvalue weighted by atomic mass is 10.1. The summed E-state index contributed by atoms with van der Waals surface area (Å²) in [5.41, 5.74) is 2.35. The zero-order valence-corrected chi connectivity index (χ0v) is 15.1. The molecule has 0 aliphatic carbocycles. The number of nitrogens with zero attached hydrogens (tertiary/aromatic N) is 1. The van der Waals surface area contributed by atoms with Crippen LogP contribution < -0.4 is 0 Å². The largest absolute Gasteiger partial charge is 0.452 e. The minimum absolute atomic E-state index is 0.00857. The average molecular weight is 364 g/mol. The van der Waals surface area contributed by atoms with E-state index in [-0.39, 0.29) is 17.1 Å². The van der Waals surface area contributed by atoms with Gasteiger partial charge in [-0.05, 0) is 37.6 Å². The van der Waals surface area contributed by atoms with E-state index in [1.54, 1.807) is 19.1 Å². The highest BCUT2D eigenvalue weighted by molar-refractivity contribution is 6.31. The highest BCUT2D eigenvalue weighted by Crippen LogP contribution is 2.20. The molecule has 2 aromatic carbocycles. The topological polar surface area (TPSA) is 46.6 Å². The Morgan fingerprint density at radius 3 is 2.60 bits per heavy atom. The molecule has 0 aliphatic heterocycles. The number of carbonyl (C=O) groups is 2. The van der Waals surface area contributed by atoms with Gasteiger partial charge in [0.2, 0.25) is 0 Å². The maximum absolute atomic E-state index is 13.8. The summed E-state index contributed by atoms with van der Waals surface area (Å²) < 4.78 is 18.9. The Morgan fingerprint density at radius 2 is 1.92 bits per heavy atom. The molecule has 0 bridgehead atoms. The second-order valence-corrected chi connectivity index (χ2v) is 6.25. The van der Waals surface area contributed by atoms with Gasteiger partial charge in [0.05, 0.1) is 5.56 Å². The third-order valence-electron chi connectivity index (χ3n) is 3.82. The van der Waals surface area contributed by atoms with E-state index in [0.29, 0.717) is 5.56 Å². The summed E-state index contributed by atoms with van der Waals surface area (Å²) >= 11 is 5.95. The smallest absolute Gasteiger partial charge is 0.338 e. The quantitative estimate of drug-likeness (QED) is 0.756. The van der Waals surface area contributed by atoms with Crippen molar-refractivity contribution in [3.05, 3.63) is 69.5 Å². The maximum atomic E-state index is 13.8. The van der Waals surface area contributed by atoms with Crippen molar-refractivity contribution in [2.75, 3.05) is 13.7 Å². The predicted molar refractivity (Wildman–Crippen MR) is 94.1 cm³/mol. The molecule has 0 aliphatic rings. The van der Waals surface area contributed by atoms with Crippen molar-refractivity contribution in [1.29, 1.82) is 0 Å². The lowest BCUT2D eigenvalue weighted by Crippen LogP contribution is -2.31. The monoisotopic (exact) mass is 363 g/mol. The van der Waals surface area contributed by atoms with Gasteiger partial charge in [0.25, 0.3) is 5.91 Å². The Labute approximate surface area is 151 Å². The van der Waals surface area contributed by atoms with Crippen LogP contribution in [0.3, 0.4) is 0 Å². The number of carbonyl (C=O) groups excluding carboxylic acids is 2. The Balaban J connectivity index is 1.97. The van der Waals surface area contributed by atoms with Crippen LogP contribution in [0.25, 0.3) is 0 Å². The van der Waals surface area contributed by atoms with Crippen molar-refractivity contribution in [1.82, 2.24) is 4.90 Å². The Morgan fingerprint density at radius 1 is 1.20 bits per heavy atom. The first-order valence-electron chi connectivity index (χ1n) is 7.71. The van der Waals surface area contributed by atoms with Crippen LogP contribution in [0.5, 0.6) is 0 Å². The molecule has 0 spiro atoms. The van der Waals surface area contributed by atoms with Crippen LogP contribution in [0.4, 0.5) is 4.39 Å². The second-order valence-electron chi connectivity index (χ2n) is 5.84. The minimum atomic E-state index is -0.563. The molecule has 4 nitrogen and oxygen atoms in total. The number of amides is 1. The number of benzene rings is 2. The van der Waals surface area contributed by atoms with Gasteiger partial charge in [0.1, 0.15) is 5.82 Å². The van der Waals surface area contributed by atoms with Crippen LogP contribution in [0.1, 0.15) is 27.0 Å². The number of halogens is 2. The van der Waals surface area contributed by atoms with E-state index in [2.05, 4.69) is 0 Å². The van der Waals surface area contributed by atoms with Gasteiger partial charge in [-0.15, -0.1) is 0 Å². The molecule has 0 saturated heterocycles.